The van der Waals surface area contributed by atoms with Gasteiger partial charge in [0, 0.05) is 30.1 Å². The van der Waals surface area contributed by atoms with E-state index in [0.29, 0.717) is 63.5 Å². The molecular formula is C51H79NO13. The number of amides is 1. The van der Waals surface area contributed by atoms with Crippen LogP contribution in [0.15, 0.2) is 42.5 Å². The summed E-state index contributed by atoms with van der Waals surface area (Å²) in [5, 5.41) is 36.0. The number of alkyl carbamates (subject to hydrolysis) is 1. The summed E-state index contributed by atoms with van der Waals surface area (Å²) in [6.07, 6.45) is 5.41. The summed E-state index contributed by atoms with van der Waals surface area (Å²) < 4.78 is 45.8. The minimum Gasteiger partial charge on any atom is -0.490 e. The minimum absolute atomic E-state index is 0.0109. The number of carboxylic acid groups (broad SMARTS) is 1. The van der Waals surface area contributed by atoms with Gasteiger partial charge in [0.25, 0.3) is 0 Å². The number of carbonyl (C=O) groups excluding carboxylic acids is 2. The molecule has 5 aliphatic heterocycles. The maximum atomic E-state index is 14.7. The van der Waals surface area contributed by atoms with Crippen molar-refractivity contribution < 1.29 is 62.9 Å². The van der Waals surface area contributed by atoms with E-state index >= 15 is 0 Å². The molecule has 6 rings (SSSR count). The van der Waals surface area contributed by atoms with Crippen molar-refractivity contribution in [1.29, 1.82) is 0 Å². The van der Waals surface area contributed by atoms with Crippen LogP contribution < -0.4 is 10.1 Å². The first-order chi connectivity index (χ1) is 30.8. The summed E-state index contributed by atoms with van der Waals surface area (Å²) in [5.41, 5.74) is -1.78. The molecule has 4 fully saturated rings. The van der Waals surface area contributed by atoms with Gasteiger partial charge >= 0.3 is 12.1 Å². The highest BCUT2D eigenvalue weighted by molar-refractivity contribution is 5.84. The molecule has 366 valence electrons. The number of hydrogen-bond donors (Lipinski definition) is 4. The van der Waals surface area contributed by atoms with Gasteiger partial charge in [0.05, 0.1) is 53.7 Å². The maximum Gasteiger partial charge on any atom is 0.407 e. The van der Waals surface area contributed by atoms with Gasteiger partial charge in [0.1, 0.15) is 30.8 Å². The topological polar surface area (TPSA) is 189 Å². The number of rotatable bonds is 17. The molecule has 4 saturated heterocycles. The summed E-state index contributed by atoms with van der Waals surface area (Å²) in [7, 11) is 0. The van der Waals surface area contributed by atoms with Crippen molar-refractivity contribution in [2.75, 3.05) is 13.2 Å². The molecule has 0 aliphatic carbocycles. The van der Waals surface area contributed by atoms with Gasteiger partial charge in [-0.05, 0) is 102 Å². The molecule has 18 atom stereocenters. The molecule has 65 heavy (non-hydrogen) atoms. The zero-order chi connectivity index (χ0) is 47.5. The van der Waals surface area contributed by atoms with E-state index in [9.17, 15) is 29.7 Å². The van der Waals surface area contributed by atoms with E-state index in [1.165, 1.54) is 0 Å². The monoisotopic (exact) mass is 914 g/mol. The van der Waals surface area contributed by atoms with E-state index in [1.807, 2.05) is 84.0 Å². The first-order valence-electron chi connectivity index (χ1n) is 24.6. The molecule has 0 radical (unpaired) electrons. The average Bonchev–Trinajstić information content (AvgIpc) is 3.63. The van der Waals surface area contributed by atoms with Crippen molar-refractivity contribution in [3.63, 3.8) is 0 Å². The van der Waals surface area contributed by atoms with Crippen LogP contribution >= 0.6 is 0 Å². The number of carbonyl (C=O) groups is 3. The molecule has 0 bridgehead atoms. The van der Waals surface area contributed by atoms with E-state index in [1.54, 1.807) is 6.92 Å². The van der Waals surface area contributed by atoms with E-state index in [0.717, 1.165) is 6.42 Å². The highest BCUT2D eigenvalue weighted by atomic mass is 16.8. The zero-order valence-electron chi connectivity index (χ0n) is 40.5. The van der Waals surface area contributed by atoms with Crippen molar-refractivity contribution >= 4 is 17.8 Å². The minimum atomic E-state index is -1.41. The Hall–Kier alpha value is -3.11. The number of ketones is 1. The molecule has 1 aromatic rings. The van der Waals surface area contributed by atoms with Crippen LogP contribution in [0.25, 0.3) is 0 Å². The molecule has 5 aliphatic rings. The van der Waals surface area contributed by atoms with Crippen LogP contribution in [0.3, 0.4) is 0 Å². The molecular weight excluding hydrogens is 835 g/mol. The van der Waals surface area contributed by atoms with Crippen molar-refractivity contribution in [2.24, 2.45) is 41.4 Å². The Kier molecular flexibility index (Phi) is 16.6. The Bertz CT molecular complexity index is 1800. The highest BCUT2D eigenvalue weighted by Gasteiger charge is 2.63. The van der Waals surface area contributed by atoms with Gasteiger partial charge in [-0.3, -0.25) is 9.59 Å². The molecule has 4 N–H and O–H groups in total. The third-order valence-electron chi connectivity index (χ3n) is 16.1. The van der Waals surface area contributed by atoms with Crippen molar-refractivity contribution in [3.8, 4) is 5.75 Å². The Balaban J connectivity index is 1.21. The van der Waals surface area contributed by atoms with Gasteiger partial charge in [0.2, 0.25) is 0 Å². The lowest BCUT2D eigenvalue weighted by Gasteiger charge is -2.55. The van der Waals surface area contributed by atoms with Crippen molar-refractivity contribution in [3.05, 3.63) is 42.5 Å². The Labute approximate surface area is 386 Å². The van der Waals surface area contributed by atoms with E-state index < -0.39 is 95.1 Å². The molecule has 14 nitrogen and oxygen atoms in total. The number of carboxylic acids is 1. The lowest BCUT2D eigenvalue weighted by molar-refractivity contribution is -0.398. The molecule has 0 saturated carbocycles. The third kappa shape index (κ3) is 10.8. The fourth-order valence-electron chi connectivity index (χ4n) is 11.6. The molecule has 2 unspecified atom stereocenters. The predicted octanol–water partition coefficient (Wildman–Crippen LogP) is 8.00. The number of benzene rings is 1. The second kappa shape index (κ2) is 21.0. The standard InChI is InChI=1S/C51H79NO13/c1-11-37(46(55)56)39-20-19-30(4)44(62-39)34(8)42(53)33(7)43(54)38(12-2)45-31(5)29-32(6)50(63-45)24-21-40(52-47(57)60-28-27-59-36-17-15-14-16-18-36)51(65-50)26-25-48(10,64-51)41-22-23-49(58,13-3)35(9)61-41/h14-18,21,24,30-35,37-42,44-45,53,58H,11-13,19-20,22-23,25-29H2,1-10H3,(H,52,57)(H,55,56)/t30-,31-,32+,33-,34-,35-,37+,38?,39+,40?,41+,42+,44+,45-,48-,49+,50-,51-/m0/s1. The van der Waals surface area contributed by atoms with Crippen LogP contribution in [0, 0.1) is 41.4 Å². The normalized spacial score (nSPS) is 39.5. The van der Waals surface area contributed by atoms with Gasteiger partial charge in [0.15, 0.2) is 11.6 Å². The van der Waals surface area contributed by atoms with E-state index in [2.05, 4.69) is 26.1 Å². The summed E-state index contributed by atoms with van der Waals surface area (Å²) in [4.78, 5) is 40.2. The average molecular weight is 914 g/mol. The van der Waals surface area contributed by atoms with Gasteiger partial charge in [-0.15, -0.1) is 0 Å². The number of nitrogens with one attached hydrogen (secondary N) is 1. The van der Waals surface area contributed by atoms with Crippen LogP contribution in [0.2, 0.25) is 0 Å². The number of para-hydroxylation sites is 1. The SMILES string of the molecule is CCC(C(=O)[C@@H](C)[C@@H](O)[C@H](C)[C@@H]1O[C@@H]([C@@H](CC)C(=O)O)CC[C@@H]1C)[C@H]1O[C@]2(C=CC(NC(=O)OCCOc3ccccc3)[C@]3(CC[C@@](C)([C@H]4CC[C@](O)(CC)[C@H](C)O4)O3)O2)[C@H](C)C[C@@H]1C. The Morgan fingerprint density at radius 1 is 0.877 bits per heavy atom. The van der Waals surface area contributed by atoms with Crippen LogP contribution in [-0.2, 0) is 38.0 Å². The van der Waals surface area contributed by atoms with Crippen LogP contribution in [-0.4, -0.2) is 112 Å². The van der Waals surface area contributed by atoms with Gasteiger partial charge in [-0.2, -0.15) is 0 Å². The van der Waals surface area contributed by atoms with Crippen LogP contribution in [0.1, 0.15) is 133 Å². The predicted molar refractivity (Wildman–Crippen MR) is 243 cm³/mol. The molecule has 14 heteroatoms. The van der Waals surface area contributed by atoms with Gasteiger partial charge in [-0.25, -0.2) is 4.79 Å². The number of hydrogen-bond acceptors (Lipinski definition) is 12. The molecule has 1 aromatic carbocycles. The Morgan fingerprint density at radius 2 is 1.58 bits per heavy atom. The fourth-order valence-corrected chi connectivity index (χ4v) is 11.6. The highest BCUT2D eigenvalue weighted by Crippen LogP contribution is 2.54. The maximum absolute atomic E-state index is 14.7. The molecule has 0 aromatic heterocycles. The lowest BCUT2D eigenvalue weighted by Crippen LogP contribution is -2.65. The van der Waals surface area contributed by atoms with E-state index in [-0.39, 0.29) is 42.9 Å². The molecule has 1 amide bonds. The summed E-state index contributed by atoms with van der Waals surface area (Å²) >= 11 is 0. The second-order valence-corrected chi connectivity index (χ2v) is 20.4. The zero-order valence-corrected chi connectivity index (χ0v) is 40.5. The van der Waals surface area contributed by atoms with Crippen LogP contribution in [0.5, 0.6) is 5.75 Å². The first-order valence-corrected chi connectivity index (χ1v) is 24.6. The Morgan fingerprint density at radius 3 is 2.23 bits per heavy atom. The third-order valence-corrected chi connectivity index (χ3v) is 16.1. The van der Waals surface area contributed by atoms with Gasteiger partial charge < -0.3 is 53.8 Å². The van der Waals surface area contributed by atoms with Crippen molar-refractivity contribution in [1.82, 2.24) is 5.32 Å². The van der Waals surface area contributed by atoms with E-state index in [4.69, 9.17) is 33.2 Å². The summed E-state index contributed by atoms with van der Waals surface area (Å²) in [6, 6.07) is 8.51. The second-order valence-electron chi connectivity index (χ2n) is 20.4. The number of aliphatic carboxylic acids is 1. The summed E-state index contributed by atoms with van der Waals surface area (Å²) in [5.74, 6) is -5.61. The first kappa shape index (κ1) is 51.3. The fraction of sp³-hybridized carbons (Fsp3) is 0.784. The number of aliphatic hydroxyl groups excluding tert-OH is 1. The number of aliphatic hydroxyl groups is 2. The lowest BCUT2D eigenvalue weighted by atomic mass is 9.72. The molecule has 2 spiro atoms. The summed E-state index contributed by atoms with van der Waals surface area (Å²) in [6.45, 7) is 19.7. The van der Waals surface area contributed by atoms with Crippen molar-refractivity contribution in [2.45, 2.75) is 199 Å². The number of Topliss-reactive ketones (excluding diaryl/α,β-unsaturated/α-hetero) is 1. The molecule has 5 heterocycles. The number of ether oxygens (including phenoxy) is 7. The largest absolute Gasteiger partial charge is 0.490 e. The van der Waals surface area contributed by atoms with Crippen LogP contribution in [0.4, 0.5) is 4.79 Å². The quantitative estimate of drug-likeness (QED) is 0.0871. The smallest absolute Gasteiger partial charge is 0.407 e. The van der Waals surface area contributed by atoms with Gasteiger partial charge in [-0.1, -0.05) is 79.7 Å².